The number of likely N-dealkylation sites (tertiary alicyclic amines) is 1. The summed E-state index contributed by atoms with van der Waals surface area (Å²) in [7, 11) is 0. The molecule has 0 spiro atoms. The van der Waals surface area contributed by atoms with E-state index in [0.29, 0.717) is 12.0 Å². The third-order valence-electron chi connectivity index (χ3n) is 4.57. The monoisotopic (exact) mass is 414 g/mol. The largest absolute Gasteiger partial charge is 0.338 e. The summed E-state index contributed by atoms with van der Waals surface area (Å²) in [6.45, 7) is 2.89. The molecule has 1 aromatic rings. The second-order valence-corrected chi connectivity index (χ2v) is 7.75. The number of amides is 1. The Hall–Kier alpha value is -0.390. The summed E-state index contributed by atoms with van der Waals surface area (Å²) in [6, 6.07) is 6.38. The van der Waals surface area contributed by atoms with Crippen LogP contribution in [0.2, 0.25) is 0 Å². The first-order valence-corrected chi connectivity index (χ1v) is 9.21. The summed E-state index contributed by atoms with van der Waals surface area (Å²) in [5.41, 5.74) is 0.754. The minimum atomic E-state index is 0.144. The lowest BCUT2D eigenvalue weighted by atomic mass is 9.89. The van der Waals surface area contributed by atoms with E-state index in [1.165, 1.54) is 19.3 Å². The van der Waals surface area contributed by atoms with E-state index in [9.17, 15) is 4.79 Å². The van der Waals surface area contributed by atoms with Gasteiger partial charge in [0.2, 0.25) is 0 Å². The number of carbonyl (C=O) groups is 1. The van der Waals surface area contributed by atoms with Crippen molar-refractivity contribution in [2.45, 2.75) is 31.7 Å². The Bertz CT molecular complexity index is 529. The lowest BCUT2D eigenvalue weighted by molar-refractivity contribution is 0.0650. The molecule has 2 heterocycles. The number of nitrogens with zero attached hydrogens (tertiary/aromatic N) is 1. The maximum Gasteiger partial charge on any atom is 0.255 e. The van der Waals surface area contributed by atoms with E-state index in [2.05, 4.69) is 37.2 Å². The smallest absolute Gasteiger partial charge is 0.255 e. The lowest BCUT2D eigenvalue weighted by Crippen LogP contribution is -2.45. The van der Waals surface area contributed by atoms with E-state index in [-0.39, 0.29) is 5.91 Å². The first-order valence-electron chi connectivity index (χ1n) is 7.63. The number of rotatable bonds is 2. The van der Waals surface area contributed by atoms with E-state index in [1.807, 2.05) is 23.1 Å². The highest BCUT2D eigenvalue weighted by Crippen LogP contribution is 2.28. The normalized spacial score (nSPS) is 26.1. The zero-order chi connectivity index (χ0) is 14.8. The van der Waals surface area contributed by atoms with Crippen molar-refractivity contribution in [3.8, 4) is 0 Å². The molecule has 2 atom stereocenters. The molecule has 0 aliphatic carbocycles. The predicted molar refractivity (Wildman–Crippen MR) is 91.5 cm³/mol. The first kappa shape index (κ1) is 15.5. The van der Waals surface area contributed by atoms with Gasteiger partial charge in [0.15, 0.2) is 0 Å². The fourth-order valence-corrected chi connectivity index (χ4v) is 4.25. The van der Waals surface area contributed by atoms with Gasteiger partial charge in [0.25, 0.3) is 5.91 Å². The lowest BCUT2D eigenvalue weighted by Gasteiger charge is -2.36. The van der Waals surface area contributed by atoms with Gasteiger partial charge in [-0.2, -0.15) is 0 Å². The van der Waals surface area contributed by atoms with E-state index in [4.69, 9.17) is 0 Å². The maximum absolute atomic E-state index is 12.8. The summed E-state index contributed by atoms with van der Waals surface area (Å²) >= 11 is 6.95. The molecule has 2 saturated heterocycles. The van der Waals surface area contributed by atoms with Crippen molar-refractivity contribution in [1.29, 1.82) is 0 Å². The molecule has 3 nitrogen and oxygen atoms in total. The molecule has 2 aliphatic rings. The van der Waals surface area contributed by atoms with Crippen LogP contribution in [0.15, 0.2) is 27.1 Å². The summed E-state index contributed by atoms with van der Waals surface area (Å²) in [4.78, 5) is 14.8. The average Bonchev–Trinajstić information content (AvgIpc) is 3.03. The molecule has 0 radical (unpaired) electrons. The van der Waals surface area contributed by atoms with Crippen molar-refractivity contribution in [3.63, 3.8) is 0 Å². The van der Waals surface area contributed by atoms with Crippen LogP contribution < -0.4 is 5.32 Å². The predicted octanol–water partition coefficient (Wildman–Crippen LogP) is 3.82. The molecule has 5 heteroatoms. The Balaban J connectivity index is 1.73. The highest BCUT2D eigenvalue weighted by molar-refractivity contribution is 9.11. The van der Waals surface area contributed by atoms with Crippen LogP contribution in [-0.2, 0) is 0 Å². The third kappa shape index (κ3) is 3.51. The van der Waals surface area contributed by atoms with Crippen LogP contribution in [0.3, 0.4) is 0 Å². The zero-order valence-corrected chi connectivity index (χ0v) is 15.1. The summed E-state index contributed by atoms with van der Waals surface area (Å²) in [6.07, 6.45) is 4.88. The number of hydrogen-bond acceptors (Lipinski definition) is 2. The van der Waals surface area contributed by atoms with Gasteiger partial charge in [0.1, 0.15) is 0 Å². The maximum atomic E-state index is 12.8. The van der Waals surface area contributed by atoms with Crippen LogP contribution in [0, 0.1) is 5.92 Å². The number of hydrogen-bond donors (Lipinski definition) is 1. The van der Waals surface area contributed by atoms with E-state index >= 15 is 0 Å². The topological polar surface area (TPSA) is 32.3 Å². The van der Waals surface area contributed by atoms with Crippen LogP contribution in [-0.4, -0.2) is 36.5 Å². The molecule has 0 saturated carbocycles. The van der Waals surface area contributed by atoms with Crippen molar-refractivity contribution in [3.05, 3.63) is 32.7 Å². The first-order chi connectivity index (χ1) is 10.1. The van der Waals surface area contributed by atoms with E-state index in [0.717, 1.165) is 40.6 Å². The fraction of sp³-hybridized carbons (Fsp3) is 0.562. The summed E-state index contributed by atoms with van der Waals surface area (Å²) < 4.78 is 1.82. The minimum absolute atomic E-state index is 0.144. The number of nitrogens with one attached hydrogen (secondary N) is 1. The van der Waals surface area contributed by atoms with E-state index in [1.54, 1.807) is 0 Å². The molecule has 114 valence electrons. The third-order valence-corrected chi connectivity index (χ3v) is 5.76. The van der Waals surface area contributed by atoms with Crippen molar-refractivity contribution in [2.75, 3.05) is 19.6 Å². The molecule has 2 unspecified atom stereocenters. The number of carbonyl (C=O) groups excluding carboxylic acids is 1. The second kappa shape index (κ2) is 6.80. The van der Waals surface area contributed by atoms with E-state index < -0.39 is 0 Å². The van der Waals surface area contributed by atoms with Gasteiger partial charge < -0.3 is 10.2 Å². The Labute approximate surface area is 142 Å². The molecule has 0 aromatic heterocycles. The number of piperidine rings is 1. The van der Waals surface area contributed by atoms with Crippen LogP contribution in [0.1, 0.15) is 36.0 Å². The highest BCUT2D eigenvalue weighted by Gasteiger charge is 2.31. The van der Waals surface area contributed by atoms with Crippen LogP contribution in [0.4, 0.5) is 0 Å². The van der Waals surface area contributed by atoms with Crippen LogP contribution in [0.25, 0.3) is 0 Å². The summed E-state index contributed by atoms with van der Waals surface area (Å²) in [5.74, 6) is 0.752. The van der Waals surface area contributed by atoms with Crippen molar-refractivity contribution < 1.29 is 4.79 Å². The number of halogens is 2. The summed E-state index contributed by atoms with van der Waals surface area (Å²) in [5, 5.41) is 3.59. The molecule has 3 rings (SSSR count). The molecule has 1 aromatic carbocycles. The Morgan fingerprint density at radius 3 is 2.86 bits per heavy atom. The Kier molecular flexibility index (Phi) is 5.02. The van der Waals surface area contributed by atoms with Crippen molar-refractivity contribution >= 4 is 37.8 Å². The molecule has 21 heavy (non-hydrogen) atoms. The van der Waals surface area contributed by atoms with Gasteiger partial charge in [-0.05, 0) is 72.3 Å². The van der Waals surface area contributed by atoms with Gasteiger partial charge >= 0.3 is 0 Å². The highest BCUT2D eigenvalue weighted by atomic mass is 79.9. The fourth-order valence-electron chi connectivity index (χ4n) is 3.47. The van der Waals surface area contributed by atoms with Crippen molar-refractivity contribution in [2.24, 2.45) is 5.92 Å². The Morgan fingerprint density at radius 1 is 1.24 bits per heavy atom. The second-order valence-electron chi connectivity index (χ2n) is 5.98. The standard InChI is InChI=1S/C16H20Br2N2O/c17-12-5-6-14(18)13(9-12)16(21)20-8-2-3-11(10-20)15-4-1-7-19-15/h5-6,9,11,15,19H,1-4,7-8,10H2. The molecule has 2 fully saturated rings. The van der Waals surface area contributed by atoms with Crippen LogP contribution in [0.5, 0.6) is 0 Å². The molecular weight excluding hydrogens is 396 g/mol. The van der Waals surface area contributed by atoms with Crippen molar-refractivity contribution in [1.82, 2.24) is 10.2 Å². The zero-order valence-electron chi connectivity index (χ0n) is 11.9. The minimum Gasteiger partial charge on any atom is -0.338 e. The van der Waals surface area contributed by atoms with Gasteiger partial charge in [-0.25, -0.2) is 0 Å². The van der Waals surface area contributed by atoms with Gasteiger partial charge in [-0.15, -0.1) is 0 Å². The van der Waals surface area contributed by atoms with Gasteiger partial charge in [-0.1, -0.05) is 15.9 Å². The molecular formula is C16H20Br2N2O. The molecule has 2 aliphatic heterocycles. The van der Waals surface area contributed by atoms with Crippen LogP contribution >= 0.6 is 31.9 Å². The van der Waals surface area contributed by atoms with Gasteiger partial charge in [0.05, 0.1) is 5.56 Å². The number of benzene rings is 1. The van der Waals surface area contributed by atoms with Gasteiger partial charge in [0, 0.05) is 28.1 Å². The molecule has 1 N–H and O–H groups in total. The quantitative estimate of drug-likeness (QED) is 0.796. The average molecular weight is 416 g/mol. The molecule has 0 bridgehead atoms. The SMILES string of the molecule is O=C(c1cc(Br)ccc1Br)N1CCCC(C2CCCN2)C1. The van der Waals surface area contributed by atoms with Gasteiger partial charge in [-0.3, -0.25) is 4.79 Å². The molecule has 1 amide bonds. The Morgan fingerprint density at radius 2 is 2.10 bits per heavy atom.